The van der Waals surface area contributed by atoms with Crippen LogP contribution in [0.25, 0.3) is 0 Å². The molecule has 0 aliphatic rings. The molecule has 0 radical (unpaired) electrons. The predicted molar refractivity (Wildman–Crippen MR) is 1050 cm³/mol. The van der Waals surface area contributed by atoms with Gasteiger partial charge in [0.05, 0.1) is 0 Å². The number of hydrogen-bond donors (Lipinski definition) is 0. The minimum atomic E-state index is 1.37. The largest absolute Gasteiger partial charge is 0 e. The topological polar surface area (TPSA) is 0 Å². The van der Waals surface area contributed by atoms with E-state index in [-0.39, 0.29) is 0 Å². The van der Waals surface area contributed by atoms with E-state index in [0.717, 1.165) is 0 Å². The van der Waals surface area contributed by atoms with E-state index in [9.17, 15) is 0 Å². The van der Waals surface area contributed by atoms with Gasteiger partial charge >= 0.3 is 0 Å². The third-order valence-corrected chi connectivity index (χ3v) is 313. The lowest BCUT2D eigenvalue weighted by Crippen LogP contribution is -1.42. The smallest absolute Gasteiger partial charge is 0 e. The molecule has 0 aromatic rings. The van der Waals surface area contributed by atoms with Crippen LogP contribution in [0, 0.1) is 0 Å². The highest BCUT2D eigenvalue weighted by atomic mass is 33.6. The number of hydrogen-bond acceptors (Lipinski definition) is 2. The summed E-state index contributed by atoms with van der Waals surface area (Å²) in [6, 6.07) is 0. The maximum atomic E-state index is 4.84. The van der Waals surface area contributed by atoms with Gasteiger partial charge in [0.25, 0.3) is 0 Å². The molecule has 142 heteroatoms. The zero-order valence-corrected chi connectivity index (χ0v) is 174. The summed E-state index contributed by atoms with van der Waals surface area (Å²) in [5.41, 5.74) is 0. The van der Waals surface area contributed by atoms with Crippen LogP contribution in [0.4, 0.5) is 0 Å². The maximum absolute atomic E-state index is 4.84. The first kappa shape index (κ1) is 173. The van der Waals surface area contributed by atoms with Gasteiger partial charge in [-0.3, -0.25) is 0 Å². The summed E-state index contributed by atoms with van der Waals surface area (Å²) in [6.07, 6.45) is 0. The highest BCUT2D eigenvalue weighted by Crippen LogP contribution is 1.55. The molecule has 142 heavy (non-hydrogen) atoms. The average Bonchev–Trinajstić information content (AvgIpc) is 1.10. The van der Waals surface area contributed by atoms with Gasteiger partial charge in [-0.25, -0.2) is 0 Å². The van der Waals surface area contributed by atoms with Gasteiger partial charge < -0.3 is 0 Å². The van der Waals surface area contributed by atoms with Crippen LogP contribution in [-0.2, 0) is 1270 Å². The summed E-state index contributed by atoms with van der Waals surface area (Å²) in [7, 11) is 254. The van der Waals surface area contributed by atoms with E-state index in [4.69, 9.17) is 22.4 Å². The van der Waals surface area contributed by atoms with Crippen LogP contribution in [0.5, 0.6) is 0 Å². The summed E-state index contributed by atoms with van der Waals surface area (Å²) in [6.45, 7) is 0. The lowest BCUT2D eigenvalue weighted by atomic mass is 30.7. The van der Waals surface area contributed by atoms with Crippen LogP contribution in [0.15, 0.2) is 0 Å². The molecule has 0 N–H and O–H groups in total. The van der Waals surface area contributed by atoms with E-state index in [1.807, 2.05) is 1120 Å². The Balaban J connectivity index is 6.21. The molecule has 0 aromatic heterocycles. The standard InChI is InChI=1S/S142/c1-3-5-7-9-11-13-15-17-19-21-23-25-27-29-31-33-35-37-39-41-43-45-47-49-51-53-55-57-59-61-63-65-67-69-71-73-75-77-79-81-83-85-87-89-91-93-95-97-99-101-103-105-107-109-111-113-115-117-119-121-123-125-127-129-131-133-135-137-139-141-142-140-138-136-134-132-130-128-126-124-122-120-118-116-114-112-110-108-106-104-102-100-98-96-94-92-90-88-86-84-82-80-78-76-74-72-70-68-66-64-62-60-58-56-54-52-50-48-46-44-42-40-38-36-34-32-30-28-26-24-22-20-18-16-14-12-10-8-6-4-2. The van der Waals surface area contributed by atoms with E-state index < -0.39 is 0 Å². The minimum Gasteiger partial charge on any atom is 0 e. The van der Waals surface area contributed by atoms with E-state index in [1.54, 1.807) is 107 Å². The van der Waals surface area contributed by atoms with Crippen LogP contribution in [-0.4, -0.2) is 0 Å². The summed E-state index contributed by atoms with van der Waals surface area (Å²) in [5.74, 6) is 0. The zero-order chi connectivity index (χ0) is 101. The van der Waals surface area contributed by atoms with Gasteiger partial charge in [-0.05, 0) is 0 Å². The highest BCUT2D eigenvalue weighted by Gasteiger charge is 1.55. The lowest BCUT2D eigenvalue weighted by molar-refractivity contribution is 5.95. The summed E-state index contributed by atoms with van der Waals surface area (Å²) in [4.78, 5) is 0. The fourth-order valence-electron chi connectivity index (χ4n) is 1.56. The molecule has 0 saturated heterocycles. The Bertz CT molecular complexity index is 10500. The third-order valence-electron chi connectivity index (χ3n) is 3.86. The van der Waals surface area contributed by atoms with Crippen molar-refractivity contribution in [2.24, 2.45) is 0 Å². The molecule has 0 fully saturated rings. The molecule has 0 nitrogen and oxygen atoms in total. The highest BCUT2D eigenvalue weighted by molar-refractivity contribution is 8.91. The van der Waals surface area contributed by atoms with Crippen molar-refractivity contribution in [2.45, 2.75) is 0 Å². The Morgan fingerprint density at radius 1 is 0.0352 bits per heavy atom. The van der Waals surface area contributed by atoms with Crippen molar-refractivity contribution in [2.75, 3.05) is 0 Å². The van der Waals surface area contributed by atoms with Crippen LogP contribution in [0.1, 0.15) is 0 Å². The fourth-order valence-corrected chi connectivity index (χ4v) is 380. The van der Waals surface area contributed by atoms with E-state index >= 15 is 0 Å². The molecule has 0 bridgehead atoms. The van der Waals surface area contributed by atoms with Gasteiger partial charge in [0.2, 0.25) is 0 Å². The van der Waals surface area contributed by atoms with Gasteiger partial charge in [-0.15, -0.1) is 0 Å². The molecule has 0 spiro atoms. The first-order chi connectivity index (χ1) is 70.9. The lowest BCUT2D eigenvalue weighted by Gasteiger charge is -1.41. The van der Waals surface area contributed by atoms with Crippen LogP contribution in [0.3, 0.4) is 0 Å². The second-order valence-electron chi connectivity index (χ2n) is 9.53. The van der Waals surface area contributed by atoms with Gasteiger partial charge in [0.1, 0.15) is 0 Å². The molecule has 0 heterocycles. The molecule has 0 aliphatic heterocycles. The maximum Gasteiger partial charge on any atom is 0 e. The van der Waals surface area contributed by atoms with Crippen LogP contribution >= 0.6 is 0 Å². The Kier molecular flexibility index (Phi) is 210. The van der Waals surface area contributed by atoms with E-state index in [1.165, 1.54) is 17.8 Å². The van der Waals surface area contributed by atoms with Gasteiger partial charge in [-0.2, -0.15) is 0 Å². The van der Waals surface area contributed by atoms with E-state index in [2.05, 4.69) is 0 Å². The van der Waals surface area contributed by atoms with Gasteiger partial charge in [-0.1, -0.05) is 0 Å². The van der Waals surface area contributed by atoms with Crippen molar-refractivity contribution in [3.05, 3.63) is 0 Å². The Labute approximate surface area is 1220 Å². The molecule has 852 valence electrons. The normalized spacial score (nSPS) is 7.92. The molecule has 0 atom stereocenters. The van der Waals surface area contributed by atoms with Crippen molar-refractivity contribution in [3.8, 4) is 0 Å². The second-order valence-corrected chi connectivity index (χ2v) is 257. The average molecular weight is 4550 g/mol. The first-order valence-electron chi connectivity index (χ1n) is 23.5. The molecule has 0 amide bonds. The SMILES string of the molecule is S=S=S=S=S=S=S=S=S=S=S=S=S=S=S=S=S=S=S=S=S=S=S=S=S=S=S=S=S=S=S=S=S=S=S=S=S=S=S=S=S=S=S=S=S=S=S=S=S=S=S=S=S=S=S=S=S=S=S=S=S=S=S=S=S=S=S=S=S=S=S=S=S=S=S=S=S=S=S=S=S=S=S=S=S=S=S=S=S=S=S=S=S=S=S=S=S=S=S=S=S=S=S=S=S=S=S=S=S=S=S=S=S=S=S=S=S=S=S=S=S=S=S=S=S=S=S=S=S=S=S=S=S=S=S=S=S=S=S=S=S=S. The van der Waals surface area contributed by atoms with Crippen molar-refractivity contribution in [3.63, 3.8) is 0 Å². The van der Waals surface area contributed by atoms with Crippen LogP contribution < -0.4 is 0 Å². The molecule has 0 aliphatic carbocycles. The van der Waals surface area contributed by atoms with Crippen LogP contribution in [0.2, 0.25) is 0 Å². The Morgan fingerprint density at radius 3 is 0.0775 bits per heavy atom. The molecule has 0 saturated carbocycles. The summed E-state index contributed by atoms with van der Waals surface area (Å²) < 4.78 is 0. The molecular weight excluding hydrogens is 4550 g/mol. The van der Waals surface area contributed by atoms with Crippen molar-refractivity contribution in [1.82, 2.24) is 0 Å². The number of rotatable bonds is 0. The molecule has 0 unspecified atom stereocenters. The van der Waals surface area contributed by atoms with Crippen molar-refractivity contribution in [1.29, 1.82) is 0 Å². The first-order valence-corrected chi connectivity index (χ1v) is 211. The van der Waals surface area contributed by atoms with E-state index in [0.29, 0.717) is 0 Å². The monoisotopic (exact) mass is 4540 g/mol. The molecule has 0 aromatic carbocycles. The molecular formula is S142. The third kappa shape index (κ3) is 171. The quantitative estimate of drug-likeness (QED) is 0.327. The fraction of sp³-hybridized carbons (Fsp3) is 0. The van der Waals surface area contributed by atoms with Crippen molar-refractivity contribution >= 4 is 1270 Å². The zero-order valence-electron chi connectivity index (χ0n) is 58.0. The summed E-state index contributed by atoms with van der Waals surface area (Å²) in [5, 5.41) is 0. The van der Waals surface area contributed by atoms with Gasteiger partial charge in [0, 0.05) is 1270 Å². The Hall–Kier alpha value is 31.2. The van der Waals surface area contributed by atoms with Crippen molar-refractivity contribution < 1.29 is 0 Å². The summed E-state index contributed by atoms with van der Waals surface area (Å²) >= 11 is 9.67. The predicted octanol–water partition coefficient (Wildman–Crippen LogP) is -0.341. The Morgan fingerprint density at radius 2 is 0.0563 bits per heavy atom. The van der Waals surface area contributed by atoms with Gasteiger partial charge in [0.15, 0.2) is 0 Å². The molecule has 0 rings (SSSR count). The minimum absolute atomic E-state index is 1.37. The second kappa shape index (κ2) is 172.